The van der Waals surface area contributed by atoms with Crippen LogP contribution in [0.5, 0.6) is 0 Å². The summed E-state index contributed by atoms with van der Waals surface area (Å²) in [6.07, 6.45) is 4.76. The minimum absolute atomic E-state index is 0.0293. The smallest absolute Gasteiger partial charge is 0.305 e. The summed E-state index contributed by atoms with van der Waals surface area (Å²) in [5.74, 6) is -0.930. The van der Waals surface area contributed by atoms with Gasteiger partial charge in [-0.15, -0.1) is 0 Å². The van der Waals surface area contributed by atoms with Gasteiger partial charge in [-0.1, -0.05) is 12.8 Å². The van der Waals surface area contributed by atoms with Gasteiger partial charge in [0.1, 0.15) is 0 Å². The van der Waals surface area contributed by atoms with Gasteiger partial charge >= 0.3 is 5.97 Å². The van der Waals surface area contributed by atoms with E-state index in [1.807, 2.05) is 0 Å². The summed E-state index contributed by atoms with van der Waals surface area (Å²) >= 11 is 0. The summed E-state index contributed by atoms with van der Waals surface area (Å²) in [6, 6.07) is 1.72. The van der Waals surface area contributed by atoms with Gasteiger partial charge in [0.25, 0.3) is 5.91 Å². The Hall–Kier alpha value is -1.78. The van der Waals surface area contributed by atoms with Crippen LogP contribution in [0.2, 0.25) is 0 Å². The van der Waals surface area contributed by atoms with Crippen molar-refractivity contribution in [1.29, 1.82) is 0 Å². The molecule has 2 N–H and O–H groups in total. The molecule has 18 heavy (non-hydrogen) atoms. The average Bonchev–Trinajstić information content (AvgIpc) is 2.86. The van der Waals surface area contributed by atoms with E-state index in [4.69, 9.17) is 9.52 Å². The number of carbonyl (C=O) groups is 2. The van der Waals surface area contributed by atoms with Crippen molar-refractivity contribution in [2.24, 2.45) is 0 Å². The van der Waals surface area contributed by atoms with Crippen LogP contribution in [0.3, 0.4) is 0 Å². The number of carboxylic acids is 1. The van der Waals surface area contributed by atoms with E-state index >= 15 is 0 Å². The molecule has 0 atom stereocenters. The SMILES string of the molecule is Cc1ccoc1C(=O)NC1(CC(=O)O)CCCC1. The third kappa shape index (κ3) is 2.55. The van der Waals surface area contributed by atoms with E-state index < -0.39 is 11.5 Å². The number of carboxylic acid groups (broad SMARTS) is 1. The Balaban J connectivity index is 2.12. The zero-order valence-corrected chi connectivity index (χ0v) is 10.4. The molecule has 0 bridgehead atoms. The molecule has 1 aromatic heterocycles. The zero-order valence-electron chi connectivity index (χ0n) is 10.4. The van der Waals surface area contributed by atoms with Crippen LogP contribution in [0.1, 0.15) is 48.2 Å². The molecule has 0 unspecified atom stereocenters. The van der Waals surface area contributed by atoms with E-state index in [-0.39, 0.29) is 18.1 Å². The number of aliphatic carboxylic acids is 1. The van der Waals surface area contributed by atoms with Gasteiger partial charge in [0.2, 0.25) is 0 Å². The molecule has 1 fully saturated rings. The summed E-state index contributed by atoms with van der Waals surface area (Å²) in [5, 5.41) is 11.8. The molecule has 5 nitrogen and oxygen atoms in total. The number of hydrogen-bond acceptors (Lipinski definition) is 3. The van der Waals surface area contributed by atoms with Crippen molar-refractivity contribution in [2.45, 2.75) is 44.6 Å². The molecular formula is C13H17NO4. The first-order chi connectivity index (χ1) is 8.52. The highest BCUT2D eigenvalue weighted by atomic mass is 16.4. The molecule has 1 aliphatic carbocycles. The maximum atomic E-state index is 12.1. The van der Waals surface area contributed by atoms with E-state index in [2.05, 4.69) is 5.32 Å². The second kappa shape index (κ2) is 4.84. The number of nitrogens with one attached hydrogen (secondary N) is 1. The van der Waals surface area contributed by atoms with E-state index in [9.17, 15) is 9.59 Å². The maximum absolute atomic E-state index is 12.1. The minimum atomic E-state index is -0.881. The van der Waals surface area contributed by atoms with Crippen LogP contribution in [-0.2, 0) is 4.79 Å². The van der Waals surface area contributed by atoms with E-state index in [0.717, 1.165) is 18.4 Å². The second-order valence-electron chi connectivity index (χ2n) is 4.94. The Labute approximate surface area is 105 Å². The fourth-order valence-electron chi connectivity index (χ4n) is 2.59. The quantitative estimate of drug-likeness (QED) is 0.858. The number of hydrogen-bond donors (Lipinski definition) is 2. The normalized spacial score (nSPS) is 17.6. The van der Waals surface area contributed by atoms with Crippen LogP contribution in [0.15, 0.2) is 16.7 Å². The molecule has 1 heterocycles. The summed E-state index contributed by atoms with van der Waals surface area (Å²) in [4.78, 5) is 23.0. The average molecular weight is 251 g/mol. The van der Waals surface area contributed by atoms with Gasteiger partial charge < -0.3 is 14.8 Å². The highest BCUT2D eigenvalue weighted by Gasteiger charge is 2.38. The summed E-state index contributed by atoms with van der Waals surface area (Å²) in [6.45, 7) is 1.79. The number of rotatable bonds is 4. The van der Waals surface area contributed by atoms with E-state index in [0.29, 0.717) is 12.8 Å². The number of carbonyl (C=O) groups excluding carboxylic acids is 1. The lowest BCUT2D eigenvalue weighted by Gasteiger charge is -2.28. The molecule has 98 valence electrons. The lowest BCUT2D eigenvalue weighted by Crippen LogP contribution is -2.47. The third-order valence-corrected chi connectivity index (χ3v) is 3.50. The monoisotopic (exact) mass is 251 g/mol. The Morgan fingerprint density at radius 3 is 2.61 bits per heavy atom. The molecular weight excluding hydrogens is 234 g/mol. The molecule has 2 rings (SSSR count). The Kier molecular flexibility index (Phi) is 3.41. The van der Waals surface area contributed by atoms with Gasteiger partial charge in [-0.2, -0.15) is 0 Å². The Morgan fingerprint density at radius 1 is 1.44 bits per heavy atom. The fraction of sp³-hybridized carbons (Fsp3) is 0.538. The van der Waals surface area contributed by atoms with E-state index in [1.165, 1.54) is 6.26 Å². The van der Waals surface area contributed by atoms with Gasteiger partial charge in [-0.05, 0) is 25.8 Å². The fourth-order valence-corrected chi connectivity index (χ4v) is 2.59. The molecule has 1 saturated carbocycles. The Morgan fingerprint density at radius 2 is 2.11 bits per heavy atom. The van der Waals surface area contributed by atoms with Gasteiger partial charge in [0.05, 0.1) is 18.2 Å². The predicted octanol–water partition coefficient (Wildman–Crippen LogP) is 2.11. The first kappa shape index (κ1) is 12.7. The first-order valence-electron chi connectivity index (χ1n) is 6.11. The molecule has 1 aliphatic rings. The van der Waals surface area contributed by atoms with Crippen molar-refractivity contribution in [2.75, 3.05) is 0 Å². The van der Waals surface area contributed by atoms with Crippen LogP contribution in [-0.4, -0.2) is 22.5 Å². The summed E-state index contributed by atoms with van der Waals surface area (Å²) < 4.78 is 5.13. The maximum Gasteiger partial charge on any atom is 0.305 e. The van der Waals surface area contributed by atoms with Crippen LogP contribution in [0, 0.1) is 6.92 Å². The molecule has 0 saturated heterocycles. The molecule has 5 heteroatoms. The van der Waals surface area contributed by atoms with Crippen LogP contribution >= 0.6 is 0 Å². The van der Waals surface area contributed by atoms with Crippen molar-refractivity contribution < 1.29 is 19.1 Å². The van der Waals surface area contributed by atoms with Gasteiger partial charge in [0, 0.05) is 5.56 Å². The lowest BCUT2D eigenvalue weighted by atomic mass is 9.93. The lowest BCUT2D eigenvalue weighted by molar-refractivity contribution is -0.138. The van der Waals surface area contributed by atoms with Crippen molar-refractivity contribution in [1.82, 2.24) is 5.32 Å². The largest absolute Gasteiger partial charge is 0.481 e. The number of amides is 1. The number of aryl methyl sites for hydroxylation is 1. The first-order valence-corrected chi connectivity index (χ1v) is 6.11. The predicted molar refractivity (Wildman–Crippen MR) is 64.4 cm³/mol. The zero-order chi connectivity index (χ0) is 13.2. The van der Waals surface area contributed by atoms with Crippen molar-refractivity contribution in [3.63, 3.8) is 0 Å². The highest BCUT2D eigenvalue weighted by molar-refractivity contribution is 5.93. The molecule has 1 amide bonds. The second-order valence-corrected chi connectivity index (χ2v) is 4.94. The standard InChI is InChI=1S/C13H17NO4/c1-9-4-7-18-11(9)12(17)14-13(8-10(15)16)5-2-3-6-13/h4,7H,2-3,5-6,8H2,1H3,(H,14,17)(H,15,16). The Bertz CT molecular complexity index is 457. The summed E-state index contributed by atoms with van der Waals surface area (Å²) in [7, 11) is 0. The van der Waals surface area contributed by atoms with Crippen LogP contribution in [0.4, 0.5) is 0 Å². The van der Waals surface area contributed by atoms with Crippen molar-refractivity contribution in [3.05, 3.63) is 23.7 Å². The van der Waals surface area contributed by atoms with E-state index in [1.54, 1.807) is 13.0 Å². The topological polar surface area (TPSA) is 79.5 Å². The molecule has 1 aromatic rings. The van der Waals surface area contributed by atoms with Crippen molar-refractivity contribution >= 4 is 11.9 Å². The molecule has 0 radical (unpaired) electrons. The number of furan rings is 1. The third-order valence-electron chi connectivity index (χ3n) is 3.50. The van der Waals surface area contributed by atoms with Gasteiger partial charge in [0.15, 0.2) is 5.76 Å². The van der Waals surface area contributed by atoms with Crippen LogP contribution < -0.4 is 5.32 Å². The molecule has 0 aliphatic heterocycles. The van der Waals surface area contributed by atoms with Gasteiger partial charge in [-0.25, -0.2) is 0 Å². The van der Waals surface area contributed by atoms with Crippen molar-refractivity contribution in [3.8, 4) is 0 Å². The molecule has 0 spiro atoms. The molecule has 0 aromatic carbocycles. The van der Waals surface area contributed by atoms with Crippen LogP contribution in [0.25, 0.3) is 0 Å². The summed E-state index contributed by atoms with van der Waals surface area (Å²) in [5.41, 5.74) is 0.151. The minimum Gasteiger partial charge on any atom is -0.481 e. The highest BCUT2D eigenvalue weighted by Crippen LogP contribution is 2.33. The van der Waals surface area contributed by atoms with Gasteiger partial charge in [-0.3, -0.25) is 9.59 Å².